The number of carbonyl (C=O) groups excluding carboxylic acids is 1. The molecule has 0 bridgehead atoms. The largest absolute Gasteiger partial charge is 0.385 e. The van der Waals surface area contributed by atoms with E-state index in [2.05, 4.69) is 12.2 Å². The number of carbonyl (C=O) groups is 1. The lowest BCUT2D eigenvalue weighted by atomic mass is 10.4. The molecule has 0 radical (unpaired) electrons. The maximum atomic E-state index is 9.06. The van der Waals surface area contributed by atoms with Crippen LogP contribution in [0.25, 0.3) is 0 Å². The van der Waals surface area contributed by atoms with Crippen molar-refractivity contribution in [2.45, 2.75) is 19.8 Å². The Labute approximate surface area is 62.8 Å². The Balaban J connectivity index is 0. The summed E-state index contributed by atoms with van der Waals surface area (Å²) in [6.45, 7) is 3.07. The Hall–Kier alpha value is -0.570. The normalized spacial score (nSPS) is 7.50. The fraction of sp³-hybridized carbons (Fsp3) is 0.857. The molecule has 0 saturated carbocycles. The van der Waals surface area contributed by atoms with Gasteiger partial charge in [0.2, 0.25) is 6.41 Å². The minimum atomic E-state index is 0.625. The van der Waals surface area contributed by atoms with E-state index in [9.17, 15) is 0 Å². The van der Waals surface area contributed by atoms with Crippen LogP contribution in [0.4, 0.5) is 0 Å². The van der Waals surface area contributed by atoms with Crippen LogP contribution < -0.4 is 5.32 Å². The molecule has 0 fully saturated rings. The third kappa shape index (κ3) is 26.1. The molecule has 3 nitrogen and oxygen atoms in total. The lowest BCUT2D eigenvalue weighted by Crippen LogP contribution is -1.98. The minimum absolute atomic E-state index is 0.625. The van der Waals surface area contributed by atoms with Gasteiger partial charge in [-0.2, -0.15) is 0 Å². The van der Waals surface area contributed by atoms with Gasteiger partial charge in [0.1, 0.15) is 0 Å². The van der Waals surface area contributed by atoms with Crippen LogP contribution in [0.15, 0.2) is 0 Å². The van der Waals surface area contributed by atoms with Crippen LogP contribution in [0.3, 0.4) is 0 Å². The highest BCUT2D eigenvalue weighted by Crippen LogP contribution is 1.83. The molecule has 0 spiro atoms. The highest BCUT2D eigenvalue weighted by atomic mass is 16.5. The molecule has 0 aliphatic rings. The number of hydrogen-bond donors (Lipinski definition) is 1. The Morgan fingerprint density at radius 1 is 1.60 bits per heavy atom. The lowest BCUT2D eigenvalue weighted by Gasteiger charge is -1.89. The number of nitrogens with one attached hydrogen (secondary N) is 1. The van der Waals surface area contributed by atoms with Gasteiger partial charge in [0.25, 0.3) is 0 Å². The number of rotatable bonds is 4. The van der Waals surface area contributed by atoms with E-state index in [1.165, 1.54) is 12.8 Å². The molecule has 0 heterocycles. The summed E-state index contributed by atoms with van der Waals surface area (Å²) in [6.07, 6.45) is 3.05. The van der Waals surface area contributed by atoms with Gasteiger partial charge in [-0.25, -0.2) is 0 Å². The zero-order valence-electron chi connectivity index (χ0n) is 7.02. The molecule has 0 atom stereocenters. The van der Waals surface area contributed by atoms with E-state index >= 15 is 0 Å². The van der Waals surface area contributed by atoms with Crippen molar-refractivity contribution < 1.29 is 9.53 Å². The van der Waals surface area contributed by atoms with Gasteiger partial charge in [0.05, 0.1) is 0 Å². The summed E-state index contributed by atoms with van der Waals surface area (Å²) in [6, 6.07) is 0. The molecule has 62 valence electrons. The highest BCUT2D eigenvalue weighted by Gasteiger charge is 1.74. The molecule has 0 saturated heterocycles. The maximum Gasteiger partial charge on any atom is 0.206 e. The van der Waals surface area contributed by atoms with Crippen molar-refractivity contribution >= 4 is 6.41 Å². The first-order valence-corrected chi connectivity index (χ1v) is 3.43. The molecule has 0 aliphatic carbocycles. The first kappa shape index (κ1) is 12.1. The van der Waals surface area contributed by atoms with Crippen molar-refractivity contribution in [1.82, 2.24) is 5.32 Å². The second-order valence-electron chi connectivity index (χ2n) is 1.75. The number of unbranched alkanes of at least 4 members (excludes halogenated alkanes) is 1. The molecule has 0 aromatic rings. The quantitative estimate of drug-likeness (QED) is 0.471. The molecule has 3 heteroatoms. The van der Waals surface area contributed by atoms with E-state index in [4.69, 9.17) is 9.53 Å². The molecule has 0 aliphatic heterocycles. The molecular formula is C7H17NO2. The third-order valence-corrected chi connectivity index (χ3v) is 0.820. The average Bonchev–Trinajstić information content (AvgIpc) is 2.01. The predicted octanol–water partition coefficient (Wildman–Crippen LogP) is 0.795. The Kier molecular flexibility index (Phi) is 19.2. The van der Waals surface area contributed by atoms with Crippen LogP contribution in [0, 0.1) is 0 Å². The second kappa shape index (κ2) is 15.8. The predicted molar refractivity (Wildman–Crippen MR) is 41.9 cm³/mol. The van der Waals surface area contributed by atoms with Crippen LogP contribution >= 0.6 is 0 Å². The van der Waals surface area contributed by atoms with Crippen molar-refractivity contribution in [3.05, 3.63) is 0 Å². The van der Waals surface area contributed by atoms with E-state index in [1.807, 2.05) is 0 Å². The average molecular weight is 147 g/mol. The fourth-order valence-electron chi connectivity index (χ4n) is 0.289. The summed E-state index contributed by atoms with van der Waals surface area (Å²) < 4.78 is 4.78. The number of hydrogen-bond acceptors (Lipinski definition) is 2. The molecule has 10 heavy (non-hydrogen) atoms. The summed E-state index contributed by atoms with van der Waals surface area (Å²) >= 11 is 0. The molecule has 0 aromatic carbocycles. The van der Waals surface area contributed by atoms with E-state index < -0.39 is 0 Å². The molecule has 0 rings (SSSR count). The summed E-state index contributed by atoms with van der Waals surface area (Å²) in [5.74, 6) is 0. The summed E-state index contributed by atoms with van der Waals surface area (Å²) in [7, 11) is 3.29. The minimum Gasteiger partial charge on any atom is -0.385 e. The Morgan fingerprint density at radius 2 is 2.10 bits per heavy atom. The first-order valence-electron chi connectivity index (χ1n) is 3.43. The van der Waals surface area contributed by atoms with E-state index in [0.29, 0.717) is 6.41 Å². The van der Waals surface area contributed by atoms with Gasteiger partial charge < -0.3 is 10.1 Å². The molecule has 0 unspecified atom stereocenters. The summed E-state index contributed by atoms with van der Waals surface area (Å²) in [4.78, 5) is 9.06. The summed E-state index contributed by atoms with van der Waals surface area (Å²) in [5.41, 5.74) is 0. The molecular weight excluding hydrogens is 130 g/mol. The Bertz CT molecular complexity index is 53.6. The molecule has 1 amide bonds. The van der Waals surface area contributed by atoms with Crippen molar-refractivity contribution in [3.63, 3.8) is 0 Å². The van der Waals surface area contributed by atoms with Crippen LogP contribution in [-0.4, -0.2) is 27.2 Å². The van der Waals surface area contributed by atoms with Gasteiger partial charge in [-0.15, -0.1) is 0 Å². The van der Waals surface area contributed by atoms with Crippen LogP contribution in [0.2, 0.25) is 0 Å². The van der Waals surface area contributed by atoms with Crippen molar-refractivity contribution in [3.8, 4) is 0 Å². The SMILES string of the molecule is CCCCOC.CNC=O. The fourth-order valence-corrected chi connectivity index (χ4v) is 0.289. The van der Waals surface area contributed by atoms with Gasteiger partial charge in [0.15, 0.2) is 0 Å². The van der Waals surface area contributed by atoms with Gasteiger partial charge in [-0.3, -0.25) is 4.79 Å². The highest BCUT2D eigenvalue weighted by molar-refractivity contribution is 5.44. The number of ether oxygens (including phenoxy) is 1. The van der Waals surface area contributed by atoms with Crippen LogP contribution in [0.1, 0.15) is 19.8 Å². The van der Waals surface area contributed by atoms with Crippen molar-refractivity contribution in [2.75, 3.05) is 20.8 Å². The third-order valence-electron chi connectivity index (χ3n) is 0.820. The standard InChI is InChI=1S/C5H12O.C2H5NO/c1-3-4-5-6-2;1-3-2-4/h3-5H2,1-2H3;2H,1H3,(H,3,4). The number of amides is 1. The zero-order chi connectivity index (χ0) is 8.24. The van der Waals surface area contributed by atoms with Gasteiger partial charge in [0, 0.05) is 20.8 Å². The smallest absolute Gasteiger partial charge is 0.206 e. The van der Waals surface area contributed by atoms with Gasteiger partial charge >= 0.3 is 0 Å². The Morgan fingerprint density at radius 3 is 2.20 bits per heavy atom. The lowest BCUT2D eigenvalue weighted by molar-refractivity contribution is -0.109. The van der Waals surface area contributed by atoms with E-state index in [-0.39, 0.29) is 0 Å². The van der Waals surface area contributed by atoms with Gasteiger partial charge in [-0.05, 0) is 6.42 Å². The van der Waals surface area contributed by atoms with E-state index in [0.717, 1.165) is 6.61 Å². The molecule has 1 N–H and O–H groups in total. The summed E-state index contributed by atoms with van der Waals surface area (Å²) in [5, 5.41) is 2.25. The zero-order valence-corrected chi connectivity index (χ0v) is 7.02. The van der Waals surface area contributed by atoms with Crippen LogP contribution in [-0.2, 0) is 9.53 Å². The van der Waals surface area contributed by atoms with Crippen molar-refractivity contribution in [2.24, 2.45) is 0 Å². The van der Waals surface area contributed by atoms with Gasteiger partial charge in [-0.1, -0.05) is 13.3 Å². The monoisotopic (exact) mass is 147 g/mol. The van der Waals surface area contributed by atoms with E-state index in [1.54, 1.807) is 14.2 Å². The number of methoxy groups -OCH3 is 1. The molecule has 0 aromatic heterocycles. The topological polar surface area (TPSA) is 38.3 Å². The first-order chi connectivity index (χ1) is 4.83. The van der Waals surface area contributed by atoms with Crippen LogP contribution in [0.5, 0.6) is 0 Å². The second-order valence-corrected chi connectivity index (χ2v) is 1.75. The maximum absolute atomic E-state index is 9.06. The van der Waals surface area contributed by atoms with Crippen molar-refractivity contribution in [1.29, 1.82) is 0 Å².